The fourth-order valence-corrected chi connectivity index (χ4v) is 3.46. The number of rotatable bonds is 3. The largest absolute Gasteiger partial charge is 0.416 e. The van der Waals surface area contributed by atoms with Gasteiger partial charge in [-0.2, -0.15) is 13.2 Å². The number of aliphatic hydroxyl groups is 1. The first kappa shape index (κ1) is 20.8. The molecule has 1 aromatic heterocycles. The van der Waals surface area contributed by atoms with Crippen molar-refractivity contribution in [2.24, 2.45) is 0 Å². The second-order valence-corrected chi connectivity index (χ2v) is 7.34. The van der Waals surface area contributed by atoms with E-state index in [0.717, 1.165) is 12.1 Å². The number of hydrogen-bond donors (Lipinski definition) is 2. The van der Waals surface area contributed by atoms with Crippen LogP contribution in [0.4, 0.5) is 19.0 Å². The molecule has 1 amide bonds. The molecule has 0 bridgehead atoms. The molecule has 160 valence electrons. The van der Waals surface area contributed by atoms with Crippen LogP contribution in [0.2, 0.25) is 0 Å². The molecule has 1 saturated heterocycles. The Balaban J connectivity index is 1.59. The number of nitrogen functional groups attached to an aromatic ring is 1. The maximum absolute atomic E-state index is 12.8. The van der Waals surface area contributed by atoms with Crippen molar-refractivity contribution in [2.45, 2.75) is 18.7 Å². The molecule has 1 fully saturated rings. The zero-order valence-corrected chi connectivity index (χ0v) is 16.3. The number of nitrogens with two attached hydrogens (primary N) is 1. The highest BCUT2D eigenvalue weighted by atomic mass is 19.4. The van der Waals surface area contributed by atoms with Gasteiger partial charge in [0.25, 0.3) is 5.91 Å². The number of aromatic nitrogens is 2. The van der Waals surface area contributed by atoms with Crippen LogP contribution in [0.15, 0.2) is 54.7 Å². The van der Waals surface area contributed by atoms with Crippen molar-refractivity contribution in [3.63, 3.8) is 0 Å². The van der Waals surface area contributed by atoms with Gasteiger partial charge in [-0.1, -0.05) is 24.3 Å². The van der Waals surface area contributed by atoms with Crippen LogP contribution in [-0.2, 0) is 6.18 Å². The highest BCUT2D eigenvalue weighted by Gasteiger charge is 2.30. The van der Waals surface area contributed by atoms with Gasteiger partial charge in [0.05, 0.1) is 23.6 Å². The Bertz CT molecular complexity index is 1100. The normalized spacial score (nSPS) is 16.5. The van der Waals surface area contributed by atoms with Gasteiger partial charge in [-0.25, -0.2) is 9.97 Å². The van der Waals surface area contributed by atoms with E-state index in [1.165, 1.54) is 18.3 Å². The molecule has 2 aromatic carbocycles. The molecule has 1 aliphatic heterocycles. The molecule has 2 heterocycles. The van der Waals surface area contributed by atoms with Gasteiger partial charge in [-0.05, 0) is 30.7 Å². The molecule has 0 unspecified atom stereocenters. The van der Waals surface area contributed by atoms with E-state index >= 15 is 0 Å². The molecule has 0 aliphatic carbocycles. The third-order valence-corrected chi connectivity index (χ3v) is 5.16. The van der Waals surface area contributed by atoms with Crippen LogP contribution in [-0.4, -0.2) is 45.1 Å². The summed E-state index contributed by atoms with van der Waals surface area (Å²) in [6, 6.07) is 11.3. The Morgan fingerprint density at radius 3 is 2.29 bits per heavy atom. The molecule has 0 saturated carbocycles. The predicted octanol–water partition coefficient (Wildman–Crippen LogP) is 3.62. The minimum atomic E-state index is -4.43. The maximum atomic E-state index is 12.8. The van der Waals surface area contributed by atoms with Gasteiger partial charge < -0.3 is 15.7 Å². The van der Waals surface area contributed by atoms with E-state index < -0.39 is 17.8 Å². The number of carbonyl (C=O) groups excluding carboxylic acids is 1. The van der Waals surface area contributed by atoms with E-state index in [-0.39, 0.29) is 17.4 Å². The molecule has 4 rings (SSSR count). The molecular formula is C22H19F3N4O2. The van der Waals surface area contributed by atoms with Crippen LogP contribution >= 0.6 is 0 Å². The average Bonchev–Trinajstić information content (AvgIpc) is 3.19. The molecule has 0 radical (unpaired) electrons. The SMILES string of the molecule is Nc1ncc(-c2ccc(C(=O)N3CC[C@@H](O)C3)cc2)nc1-c1ccc(C(F)(F)F)cc1. The van der Waals surface area contributed by atoms with E-state index in [0.29, 0.717) is 41.9 Å². The zero-order valence-electron chi connectivity index (χ0n) is 16.3. The Labute approximate surface area is 176 Å². The first-order chi connectivity index (χ1) is 14.7. The van der Waals surface area contributed by atoms with E-state index in [4.69, 9.17) is 5.73 Å². The quantitative estimate of drug-likeness (QED) is 0.665. The topological polar surface area (TPSA) is 92.3 Å². The Kier molecular flexibility index (Phi) is 5.36. The molecule has 3 aromatic rings. The highest BCUT2D eigenvalue weighted by Crippen LogP contribution is 2.32. The van der Waals surface area contributed by atoms with E-state index in [9.17, 15) is 23.1 Å². The molecular weight excluding hydrogens is 409 g/mol. The number of carbonyl (C=O) groups is 1. The standard InChI is InChI=1S/C22H19F3N4O2/c23-22(24,25)16-7-5-14(6-8-16)19-20(26)27-11-18(28-19)13-1-3-15(4-2-13)21(31)29-10-9-17(30)12-29/h1-8,11,17,30H,9-10,12H2,(H2,26,27)/t17-/m1/s1. The van der Waals surface area contributed by atoms with Gasteiger partial charge in [0, 0.05) is 29.8 Å². The second-order valence-electron chi connectivity index (χ2n) is 7.34. The van der Waals surface area contributed by atoms with Gasteiger partial charge in [0.1, 0.15) is 11.5 Å². The minimum absolute atomic E-state index is 0.0999. The van der Waals surface area contributed by atoms with Crippen molar-refractivity contribution in [1.82, 2.24) is 14.9 Å². The number of nitrogens with zero attached hydrogens (tertiary/aromatic N) is 3. The molecule has 1 aliphatic rings. The molecule has 31 heavy (non-hydrogen) atoms. The van der Waals surface area contributed by atoms with Crippen molar-refractivity contribution < 1.29 is 23.1 Å². The van der Waals surface area contributed by atoms with Crippen LogP contribution in [0, 0.1) is 0 Å². The monoisotopic (exact) mass is 428 g/mol. The first-order valence-electron chi connectivity index (χ1n) is 9.60. The third-order valence-electron chi connectivity index (χ3n) is 5.16. The number of likely N-dealkylation sites (tertiary alicyclic amines) is 1. The van der Waals surface area contributed by atoms with Gasteiger partial charge in [0.2, 0.25) is 0 Å². The van der Waals surface area contributed by atoms with Gasteiger partial charge in [-0.15, -0.1) is 0 Å². The fraction of sp³-hybridized carbons (Fsp3) is 0.227. The number of benzene rings is 2. The summed E-state index contributed by atoms with van der Waals surface area (Å²) in [4.78, 5) is 22.7. The Morgan fingerprint density at radius 2 is 1.71 bits per heavy atom. The summed E-state index contributed by atoms with van der Waals surface area (Å²) in [5.74, 6) is -0.0557. The summed E-state index contributed by atoms with van der Waals surface area (Å²) in [6.07, 6.45) is -2.88. The Morgan fingerprint density at radius 1 is 1.06 bits per heavy atom. The number of β-amino-alcohol motifs (C(OH)–C–C–N with tert-alkyl or cyclic N) is 1. The second kappa shape index (κ2) is 7.99. The number of alkyl halides is 3. The summed E-state index contributed by atoms with van der Waals surface area (Å²) in [7, 11) is 0. The molecule has 0 spiro atoms. The predicted molar refractivity (Wildman–Crippen MR) is 109 cm³/mol. The number of hydrogen-bond acceptors (Lipinski definition) is 5. The van der Waals surface area contributed by atoms with E-state index in [1.807, 2.05) is 0 Å². The van der Waals surface area contributed by atoms with Crippen LogP contribution in [0.1, 0.15) is 22.3 Å². The molecule has 1 atom stereocenters. The minimum Gasteiger partial charge on any atom is -0.391 e. The van der Waals surface area contributed by atoms with E-state index in [2.05, 4.69) is 9.97 Å². The molecule has 3 N–H and O–H groups in total. The summed E-state index contributed by atoms with van der Waals surface area (Å²) in [6.45, 7) is 0.836. The summed E-state index contributed by atoms with van der Waals surface area (Å²) >= 11 is 0. The highest BCUT2D eigenvalue weighted by molar-refractivity contribution is 5.95. The number of anilines is 1. The smallest absolute Gasteiger partial charge is 0.391 e. The van der Waals surface area contributed by atoms with Gasteiger partial charge in [-0.3, -0.25) is 4.79 Å². The Hall–Kier alpha value is -3.46. The van der Waals surface area contributed by atoms with E-state index in [1.54, 1.807) is 29.2 Å². The summed E-state index contributed by atoms with van der Waals surface area (Å²) in [5, 5.41) is 9.61. The van der Waals surface area contributed by atoms with Crippen LogP contribution in [0.25, 0.3) is 22.5 Å². The van der Waals surface area contributed by atoms with Gasteiger partial charge in [0.15, 0.2) is 0 Å². The lowest BCUT2D eigenvalue weighted by molar-refractivity contribution is -0.137. The lowest BCUT2D eigenvalue weighted by atomic mass is 10.1. The van der Waals surface area contributed by atoms with Crippen molar-refractivity contribution >= 4 is 11.7 Å². The summed E-state index contributed by atoms with van der Waals surface area (Å²) in [5.41, 5.74) is 7.47. The van der Waals surface area contributed by atoms with Crippen LogP contribution in [0.5, 0.6) is 0 Å². The first-order valence-corrected chi connectivity index (χ1v) is 9.60. The summed E-state index contributed by atoms with van der Waals surface area (Å²) < 4.78 is 38.4. The van der Waals surface area contributed by atoms with Crippen molar-refractivity contribution in [2.75, 3.05) is 18.8 Å². The van der Waals surface area contributed by atoms with Crippen LogP contribution in [0.3, 0.4) is 0 Å². The van der Waals surface area contributed by atoms with Crippen LogP contribution < -0.4 is 5.73 Å². The number of amides is 1. The van der Waals surface area contributed by atoms with Crippen molar-refractivity contribution in [1.29, 1.82) is 0 Å². The average molecular weight is 428 g/mol. The van der Waals surface area contributed by atoms with Crippen molar-refractivity contribution in [3.05, 3.63) is 65.9 Å². The molecule has 6 nitrogen and oxygen atoms in total. The maximum Gasteiger partial charge on any atom is 0.416 e. The fourth-order valence-electron chi connectivity index (χ4n) is 3.46. The number of aliphatic hydroxyl groups excluding tert-OH is 1. The van der Waals surface area contributed by atoms with Gasteiger partial charge >= 0.3 is 6.18 Å². The van der Waals surface area contributed by atoms with Crippen molar-refractivity contribution in [3.8, 4) is 22.5 Å². The lowest BCUT2D eigenvalue weighted by Gasteiger charge is -2.15. The number of halogens is 3. The molecule has 9 heteroatoms. The zero-order chi connectivity index (χ0) is 22.2. The third kappa shape index (κ3) is 4.36. The lowest BCUT2D eigenvalue weighted by Crippen LogP contribution is -2.29.